The highest BCUT2D eigenvalue weighted by atomic mass is 16.5. The zero-order valence-corrected chi connectivity index (χ0v) is 15.9. The first-order chi connectivity index (χ1) is 14.0. The molecule has 2 aromatic heterocycles. The van der Waals surface area contributed by atoms with E-state index in [1.165, 1.54) is 13.0 Å². The molecule has 0 aliphatic heterocycles. The summed E-state index contributed by atoms with van der Waals surface area (Å²) in [5.41, 5.74) is 3.00. The number of pyridine rings is 1. The molecule has 0 bridgehead atoms. The summed E-state index contributed by atoms with van der Waals surface area (Å²) in [6.45, 7) is 3.40. The Balaban J connectivity index is 1.55. The molecule has 0 radical (unpaired) electrons. The number of rotatable bonds is 5. The van der Waals surface area contributed by atoms with E-state index in [1.54, 1.807) is 36.5 Å². The lowest BCUT2D eigenvalue weighted by Crippen LogP contribution is -2.23. The van der Waals surface area contributed by atoms with Crippen molar-refractivity contribution in [1.82, 2.24) is 15.3 Å². The van der Waals surface area contributed by atoms with Crippen LogP contribution in [-0.4, -0.2) is 21.0 Å². The number of fused-ring (bicyclic) bond motifs is 1. The minimum atomic E-state index is -0.124. The number of carbonyl (C=O) groups is 1. The first kappa shape index (κ1) is 18.5. The molecule has 0 saturated carbocycles. The van der Waals surface area contributed by atoms with Gasteiger partial charge in [-0.05, 0) is 42.8 Å². The number of nitrogens with one attached hydrogen (secondary N) is 1. The minimum absolute atomic E-state index is 0.0880. The Bertz CT molecular complexity index is 1170. The van der Waals surface area contributed by atoms with E-state index < -0.39 is 0 Å². The molecule has 146 valence electrons. The van der Waals surface area contributed by atoms with Crippen molar-refractivity contribution in [1.29, 1.82) is 0 Å². The molecule has 2 aromatic carbocycles. The van der Waals surface area contributed by atoms with Crippen molar-refractivity contribution in [3.05, 3.63) is 66.4 Å². The van der Waals surface area contributed by atoms with Gasteiger partial charge in [0, 0.05) is 25.3 Å². The smallest absolute Gasteiger partial charge is 0.228 e. The summed E-state index contributed by atoms with van der Waals surface area (Å²) in [5, 5.41) is 12.4. The third kappa shape index (κ3) is 4.19. The first-order valence-electron chi connectivity index (χ1n) is 9.09. The van der Waals surface area contributed by atoms with E-state index in [0.717, 1.165) is 11.1 Å². The van der Waals surface area contributed by atoms with E-state index in [2.05, 4.69) is 15.3 Å². The molecule has 29 heavy (non-hydrogen) atoms. The quantitative estimate of drug-likeness (QED) is 0.518. The van der Waals surface area contributed by atoms with Crippen LogP contribution in [0.2, 0.25) is 0 Å². The number of nitrogens with zero attached hydrogens (tertiary/aromatic N) is 2. The van der Waals surface area contributed by atoms with Crippen molar-refractivity contribution < 1.29 is 19.1 Å². The van der Waals surface area contributed by atoms with Crippen LogP contribution in [0.5, 0.6) is 17.4 Å². The van der Waals surface area contributed by atoms with E-state index in [-0.39, 0.29) is 17.7 Å². The van der Waals surface area contributed by atoms with Gasteiger partial charge in [-0.15, -0.1) is 0 Å². The van der Waals surface area contributed by atoms with Crippen LogP contribution in [0, 0.1) is 0 Å². The number of ether oxygens (including phenoxy) is 1. The lowest BCUT2D eigenvalue weighted by atomic mass is 10.1. The number of hydrogen-bond acceptors (Lipinski definition) is 6. The van der Waals surface area contributed by atoms with Crippen LogP contribution in [0.3, 0.4) is 0 Å². The van der Waals surface area contributed by atoms with Gasteiger partial charge in [-0.3, -0.25) is 4.79 Å². The second-order valence-corrected chi connectivity index (χ2v) is 6.65. The zero-order valence-electron chi connectivity index (χ0n) is 15.9. The van der Waals surface area contributed by atoms with Gasteiger partial charge < -0.3 is 19.6 Å². The number of aromatic nitrogens is 2. The van der Waals surface area contributed by atoms with Crippen LogP contribution in [0.4, 0.5) is 0 Å². The highest BCUT2D eigenvalue weighted by molar-refractivity contribution is 5.77. The predicted molar refractivity (Wildman–Crippen MR) is 108 cm³/mol. The SMILES string of the molecule is CC(=O)N[C@H](C)c1ccc2nc(-c3ccc(Oc4cccc(O)c4)nc3)oc2c1. The molecule has 1 atom stereocenters. The maximum absolute atomic E-state index is 11.3. The summed E-state index contributed by atoms with van der Waals surface area (Å²) in [5.74, 6) is 1.36. The Morgan fingerprint density at radius 3 is 2.76 bits per heavy atom. The van der Waals surface area contributed by atoms with E-state index in [4.69, 9.17) is 9.15 Å². The number of benzene rings is 2. The molecule has 0 aliphatic carbocycles. The molecule has 2 heterocycles. The molecule has 0 fully saturated rings. The molecule has 7 nitrogen and oxygen atoms in total. The molecule has 0 spiro atoms. The van der Waals surface area contributed by atoms with Gasteiger partial charge in [0.1, 0.15) is 17.0 Å². The third-order valence-corrected chi connectivity index (χ3v) is 4.36. The van der Waals surface area contributed by atoms with E-state index in [9.17, 15) is 9.90 Å². The largest absolute Gasteiger partial charge is 0.508 e. The monoisotopic (exact) mass is 389 g/mol. The Hall–Kier alpha value is -3.87. The van der Waals surface area contributed by atoms with Crippen LogP contribution in [0.1, 0.15) is 25.5 Å². The number of phenolic OH excluding ortho intramolecular Hbond substituents is 1. The summed E-state index contributed by atoms with van der Waals surface area (Å²) in [6.07, 6.45) is 1.61. The standard InChI is InChI=1S/C22H19N3O4/c1-13(24-14(2)26)15-6-8-19-20(10-15)29-22(25-19)16-7-9-21(23-12-16)28-18-5-3-4-17(27)11-18/h3-13,27H,1-2H3,(H,24,26)/t13-/m1/s1. The van der Waals surface area contributed by atoms with Gasteiger partial charge in [0.05, 0.1) is 11.6 Å². The van der Waals surface area contributed by atoms with Gasteiger partial charge >= 0.3 is 0 Å². The van der Waals surface area contributed by atoms with Crippen molar-refractivity contribution in [2.45, 2.75) is 19.9 Å². The van der Waals surface area contributed by atoms with Gasteiger partial charge in [-0.2, -0.15) is 0 Å². The molecule has 0 saturated heterocycles. The number of aromatic hydroxyl groups is 1. The zero-order chi connectivity index (χ0) is 20.4. The van der Waals surface area contributed by atoms with E-state index >= 15 is 0 Å². The molecular weight excluding hydrogens is 370 g/mol. The summed E-state index contributed by atoms with van der Waals surface area (Å²) in [4.78, 5) is 20.0. The number of hydrogen-bond donors (Lipinski definition) is 2. The number of phenols is 1. The summed E-state index contributed by atoms with van der Waals surface area (Å²) >= 11 is 0. The van der Waals surface area contributed by atoms with Gasteiger partial charge in [-0.25, -0.2) is 9.97 Å². The predicted octanol–water partition coefficient (Wildman–Crippen LogP) is 4.58. The normalized spacial score (nSPS) is 11.9. The Morgan fingerprint density at radius 2 is 2.03 bits per heavy atom. The maximum Gasteiger partial charge on any atom is 0.228 e. The Morgan fingerprint density at radius 1 is 1.17 bits per heavy atom. The molecule has 1 amide bonds. The second kappa shape index (κ2) is 7.63. The summed E-state index contributed by atoms with van der Waals surface area (Å²) in [6, 6.07) is 15.5. The molecule has 0 unspecified atom stereocenters. The van der Waals surface area contributed by atoms with Crippen molar-refractivity contribution in [2.24, 2.45) is 0 Å². The molecule has 4 rings (SSSR count). The number of carbonyl (C=O) groups excluding carboxylic acids is 1. The fraction of sp³-hybridized carbons (Fsp3) is 0.136. The summed E-state index contributed by atoms with van der Waals surface area (Å²) in [7, 11) is 0. The Kier molecular flexibility index (Phi) is 4.87. The van der Waals surface area contributed by atoms with Crippen LogP contribution < -0.4 is 10.1 Å². The maximum atomic E-state index is 11.3. The van der Waals surface area contributed by atoms with Crippen molar-refractivity contribution >= 4 is 17.0 Å². The van der Waals surface area contributed by atoms with Gasteiger partial charge in [0.25, 0.3) is 0 Å². The lowest BCUT2D eigenvalue weighted by Gasteiger charge is -2.12. The van der Waals surface area contributed by atoms with E-state index in [0.29, 0.717) is 28.7 Å². The van der Waals surface area contributed by atoms with Crippen molar-refractivity contribution in [3.8, 4) is 28.8 Å². The first-order valence-corrected chi connectivity index (χ1v) is 9.09. The van der Waals surface area contributed by atoms with Crippen molar-refractivity contribution in [3.63, 3.8) is 0 Å². The second-order valence-electron chi connectivity index (χ2n) is 6.65. The highest BCUT2D eigenvalue weighted by Crippen LogP contribution is 2.28. The lowest BCUT2D eigenvalue weighted by molar-refractivity contribution is -0.119. The average molecular weight is 389 g/mol. The number of amides is 1. The van der Waals surface area contributed by atoms with Gasteiger partial charge in [0.15, 0.2) is 5.58 Å². The summed E-state index contributed by atoms with van der Waals surface area (Å²) < 4.78 is 11.5. The Labute approximate surface area is 167 Å². The molecule has 4 aromatic rings. The van der Waals surface area contributed by atoms with Crippen LogP contribution in [0.15, 0.2) is 65.2 Å². The van der Waals surface area contributed by atoms with Crippen LogP contribution in [-0.2, 0) is 4.79 Å². The molecule has 2 N–H and O–H groups in total. The van der Waals surface area contributed by atoms with Gasteiger partial charge in [-0.1, -0.05) is 12.1 Å². The molecule has 0 aliphatic rings. The fourth-order valence-corrected chi connectivity index (χ4v) is 2.96. The van der Waals surface area contributed by atoms with Crippen LogP contribution in [0.25, 0.3) is 22.6 Å². The highest BCUT2D eigenvalue weighted by Gasteiger charge is 2.13. The fourth-order valence-electron chi connectivity index (χ4n) is 2.96. The molecule has 7 heteroatoms. The minimum Gasteiger partial charge on any atom is -0.508 e. The topological polar surface area (TPSA) is 97.5 Å². The number of oxazole rings is 1. The van der Waals surface area contributed by atoms with Crippen LogP contribution >= 0.6 is 0 Å². The van der Waals surface area contributed by atoms with E-state index in [1.807, 2.05) is 25.1 Å². The third-order valence-electron chi connectivity index (χ3n) is 4.36. The van der Waals surface area contributed by atoms with Gasteiger partial charge in [0.2, 0.25) is 17.7 Å². The molecular formula is C22H19N3O4. The average Bonchev–Trinajstić information content (AvgIpc) is 3.11. The van der Waals surface area contributed by atoms with Crippen molar-refractivity contribution in [2.75, 3.05) is 0 Å².